The number of para-hydroxylation sites is 1. The smallest absolute Gasteiger partial charge is 0.123 e. The van der Waals surface area contributed by atoms with Crippen LogP contribution in [0.3, 0.4) is 0 Å². The number of aliphatic hydroxyl groups is 1. The van der Waals surface area contributed by atoms with Crippen LogP contribution in [0.15, 0.2) is 24.3 Å². The van der Waals surface area contributed by atoms with E-state index in [9.17, 15) is 5.11 Å². The first-order chi connectivity index (χ1) is 9.13. The first-order valence-electron chi connectivity index (χ1n) is 6.84. The molecule has 1 unspecified atom stereocenters. The van der Waals surface area contributed by atoms with Gasteiger partial charge in [0.05, 0.1) is 12.7 Å². The highest BCUT2D eigenvalue weighted by atomic mass is 16.5. The van der Waals surface area contributed by atoms with Gasteiger partial charge < -0.3 is 19.9 Å². The zero-order valence-electron chi connectivity index (χ0n) is 12.1. The molecule has 19 heavy (non-hydrogen) atoms. The van der Waals surface area contributed by atoms with Crippen LogP contribution in [0.5, 0.6) is 5.75 Å². The molecule has 0 aliphatic rings. The Bertz CT molecular complexity index is 355. The lowest BCUT2D eigenvalue weighted by Crippen LogP contribution is -2.25. The minimum absolute atomic E-state index is 0.121. The average Bonchev–Trinajstić information content (AvgIpc) is 2.41. The zero-order valence-corrected chi connectivity index (χ0v) is 12.1. The Morgan fingerprint density at radius 1 is 1.21 bits per heavy atom. The third kappa shape index (κ3) is 6.57. The second-order valence-electron chi connectivity index (χ2n) is 4.73. The predicted octanol–water partition coefficient (Wildman–Crippen LogP) is 1.96. The van der Waals surface area contributed by atoms with Crippen molar-refractivity contribution in [3.8, 4) is 5.75 Å². The van der Waals surface area contributed by atoms with E-state index in [0.717, 1.165) is 24.4 Å². The molecule has 0 heterocycles. The summed E-state index contributed by atoms with van der Waals surface area (Å²) in [4.78, 5) is 0. The minimum Gasteiger partial charge on any atom is -0.490 e. The van der Waals surface area contributed by atoms with Crippen LogP contribution in [0, 0.1) is 0 Å². The summed E-state index contributed by atoms with van der Waals surface area (Å²) in [6, 6.07) is 7.86. The van der Waals surface area contributed by atoms with Gasteiger partial charge in [0.1, 0.15) is 18.5 Å². The lowest BCUT2D eigenvalue weighted by atomic mass is 10.2. The van der Waals surface area contributed by atoms with Crippen LogP contribution in [-0.2, 0) is 11.3 Å². The SMILES string of the molecule is CCNCc1ccccc1OCC(O)COC(C)C. The molecule has 0 bridgehead atoms. The molecule has 1 aromatic carbocycles. The van der Waals surface area contributed by atoms with Gasteiger partial charge in [0, 0.05) is 12.1 Å². The Morgan fingerprint density at radius 2 is 1.95 bits per heavy atom. The summed E-state index contributed by atoms with van der Waals surface area (Å²) < 4.78 is 11.0. The third-order valence-corrected chi connectivity index (χ3v) is 2.59. The van der Waals surface area contributed by atoms with E-state index in [1.165, 1.54) is 0 Å². The summed E-state index contributed by atoms with van der Waals surface area (Å²) in [6.45, 7) is 8.18. The summed E-state index contributed by atoms with van der Waals surface area (Å²) in [5.41, 5.74) is 1.10. The lowest BCUT2D eigenvalue weighted by Gasteiger charge is -2.16. The van der Waals surface area contributed by atoms with Crippen LogP contribution in [0.4, 0.5) is 0 Å². The molecule has 4 nitrogen and oxygen atoms in total. The van der Waals surface area contributed by atoms with Crippen LogP contribution in [0.2, 0.25) is 0 Å². The molecule has 0 fully saturated rings. The normalized spacial score (nSPS) is 12.7. The second-order valence-corrected chi connectivity index (χ2v) is 4.73. The molecule has 1 aromatic rings. The highest BCUT2D eigenvalue weighted by Gasteiger charge is 2.08. The molecule has 0 radical (unpaired) electrons. The van der Waals surface area contributed by atoms with Crippen molar-refractivity contribution in [2.75, 3.05) is 19.8 Å². The van der Waals surface area contributed by atoms with Crippen molar-refractivity contribution in [3.05, 3.63) is 29.8 Å². The topological polar surface area (TPSA) is 50.7 Å². The Kier molecular flexibility index (Phi) is 7.48. The van der Waals surface area contributed by atoms with E-state index in [4.69, 9.17) is 9.47 Å². The quantitative estimate of drug-likeness (QED) is 0.718. The van der Waals surface area contributed by atoms with Crippen molar-refractivity contribution < 1.29 is 14.6 Å². The third-order valence-electron chi connectivity index (χ3n) is 2.59. The molecule has 4 heteroatoms. The number of aliphatic hydroxyl groups excluding tert-OH is 1. The fraction of sp³-hybridized carbons (Fsp3) is 0.600. The predicted molar refractivity (Wildman–Crippen MR) is 76.4 cm³/mol. The second kappa shape index (κ2) is 8.91. The van der Waals surface area contributed by atoms with Crippen LogP contribution in [-0.4, -0.2) is 37.1 Å². The number of nitrogens with one attached hydrogen (secondary N) is 1. The Hall–Kier alpha value is -1.10. The zero-order chi connectivity index (χ0) is 14.1. The maximum atomic E-state index is 9.76. The first-order valence-corrected chi connectivity index (χ1v) is 6.84. The van der Waals surface area contributed by atoms with E-state index in [1.807, 2.05) is 38.1 Å². The summed E-state index contributed by atoms with van der Waals surface area (Å²) in [5, 5.41) is 13.0. The molecule has 0 amide bonds. The van der Waals surface area contributed by atoms with E-state index in [0.29, 0.717) is 6.61 Å². The van der Waals surface area contributed by atoms with Crippen LogP contribution >= 0.6 is 0 Å². The summed E-state index contributed by atoms with van der Waals surface area (Å²) in [5.74, 6) is 0.812. The van der Waals surface area contributed by atoms with Crippen molar-refractivity contribution in [3.63, 3.8) is 0 Å². The highest BCUT2D eigenvalue weighted by molar-refractivity contribution is 5.33. The molecular formula is C15H25NO3. The maximum absolute atomic E-state index is 9.76. The lowest BCUT2D eigenvalue weighted by molar-refractivity contribution is -0.0124. The van der Waals surface area contributed by atoms with Gasteiger partial charge >= 0.3 is 0 Å². The molecule has 0 saturated heterocycles. The summed E-state index contributed by atoms with van der Waals surface area (Å²) in [6.07, 6.45) is -0.481. The number of hydrogen-bond donors (Lipinski definition) is 2. The molecule has 1 rings (SSSR count). The van der Waals surface area contributed by atoms with Crippen LogP contribution < -0.4 is 10.1 Å². The van der Waals surface area contributed by atoms with Gasteiger partial charge in [-0.2, -0.15) is 0 Å². The van der Waals surface area contributed by atoms with Crippen molar-refractivity contribution in [1.82, 2.24) is 5.32 Å². The molecule has 0 saturated carbocycles. The number of rotatable bonds is 9. The molecule has 1 atom stereocenters. The van der Waals surface area contributed by atoms with Crippen LogP contribution in [0.25, 0.3) is 0 Å². The van der Waals surface area contributed by atoms with E-state index in [2.05, 4.69) is 12.2 Å². The summed E-state index contributed by atoms with van der Waals surface area (Å²) in [7, 11) is 0. The Labute approximate surface area is 115 Å². The van der Waals surface area contributed by atoms with Gasteiger partial charge in [-0.25, -0.2) is 0 Å². The number of hydrogen-bond acceptors (Lipinski definition) is 4. The van der Waals surface area contributed by atoms with Gasteiger partial charge in [-0.05, 0) is 26.5 Å². The highest BCUT2D eigenvalue weighted by Crippen LogP contribution is 2.17. The molecule has 0 aromatic heterocycles. The van der Waals surface area contributed by atoms with E-state index >= 15 is 0 Å². The fourth-order valence-electron chi connectivity index (χ4n) is 1.59. The minimum atomic E-state index is -0.602. The molecule has 2 N–H and O–H groups in total. The van der Waals surface area contributed by atoms with Crippen molar-refractivity contribution in [1.29, 1.82) is 0 Å². The van der Waals surface area contributed by atoms with E-state index in [-0.39, 0.29) is 12.7 Å². The van der Waals surface area contributed by atoms with Gasteiger partial charge in [0.25, 0.3) is 0 Å². The fourth-order valence-corrected chi connectivity index (χ4v) is 1.59. The maximum Gasteiger partial charge on any atom is 0.123 e. The van der Waals surface area contributed by atoms with Gasteiger partial charge in [-0.3, -0.25) is 0 Å². The first kappa shape index (κ1) is 16.0. The monoisotopic (exact) mass is 267 g/mol. The Morgan fingerprint density at radius 3 is 2.63 bits per heavy atom. The molecular weight excluding hydrogens is 242 g/mol. The summed E-state index contributed by atoms with van der Waals surface area (Å²) >= 11 is 0. The largest absolute Gasteiger partial charge is 0.490 e. The average molecular weight is 267 g/mol. The molecule has 108 valence electrons. The molecule has 0 aliphatic carbocycles. The van der Waals surface area contributed by atoms with Crippen molar-refractivity contribution in [2.24, 2.45) is 0 Å². The van der Waals surface area contributed by atoms with Gasteiger partial charge in [0.15, 0.2) is 0 Å². The number of benzene rings is 1. The van der Waals surface area contributed by atoms with Gasteiger partial charge in [0.2, 0.25) is 0 Å². The standard InChI is InChI=1S/C15H25NO3/c1-4-16-9-13-7-5-6-8-15(13)19-11-14(17)10-18-12(2)3/h5-8,12,14,16-17H,4,9-11H2,1-3H3. The van der Waals surface area contributed by atoms with E-state index < -0.39 is 6.10 Å². The van der Waals surface area contributed by atoms with E-state index in [1.54, 1.807) is 0 Å². The van der Waals surface area contributed by atoms with Gasteiger partial charge in [-0.15, -0.1) is 0 Å². The molecule has 0 spiro atoms. The van der Waals surface area contributed by atoms with Crippen LogP contribution in [0.1, 0.15) is 26.3 Å². The van der Waals surface area contributed by atoms with Gasteiger partial charge in [-0.1, -0.05) is 25.1 Å². The molecule has 0 aliphatic heterocycles. The van der Waals surface area contributed by atoms with Crippen molar-refractivity contribution >= 4 is 0 Å². The van der Waals surface area contributed by atoms with Crippen molar-refractivity contribution in [2.45, 2.75) is 39.5 Å². The Balaban J connectivity index is 2.43. The number of ether oxygens (including phenoxy) is 2.